The molecule has 8 nitrogen and oxygen atoms in total. The highest BCUT2D eigenvalue weighted by Gasteiger charge is 2.23. The quantitative estimate of drug-likeness (QED) is 0.254. The Morgan fingerprint density at radius 1 is 0.976 bits per heavy atom. The van der Waals surface area contributed by atoms with Crippen LogP contribution in [-0.4, -0.2) is 38.1 Å². The highest BCUT2D eigenvalue weighted by molar-refractivity contribution is 7.92. The number of aromatic nitrogens is 2. The van der Waals surface area contributed by atoms with Gasteiger partial charge < -0.3 is 14.8 Å². The van der Waals surface area contributed by atoms with Gasteiger partial charge in [-0.15, -0.1) is 0 Å². The molecule has 0 radical (unpaired) electrons. The van der Waals surface area contributed by atoms with Crippen molar-refractivity contribution < 1.29 is 17.9 Å². The molecule has 0 saturated carbocycles. The maximum absolute atomic E-state index is 13.4. The first-order valence-electron chi connectivity index (χ1n) is 13.9. The molecule has 3 heterocycles. The number of hydrogen-bond donors (Lipinski definition) is 2. The molecule has 2 aromatic heterocycles. The van der Waals surface area contributed by atoms with Crippen LogP contribution in [0.25, 0.3) is 21.7 Å². The summed E-state index contributed by atoms with van der Waals surface area (Å²) >= 11 is 1.27. The Labute approximate surface area is 246 Å². The number of fused-ring (bicyclic) bond motifs is 6. The molecule has 10 heteroatoms. The first-order chi connectivity index (χ1) is 19.7. The number of thiazole rings is 1. The summed E-state index contributed by atoms with van der Waals surface area (Å²) in [5.41, 5.74) is 2.49. The zero-order valence-corrected chi connectivity index (χ0v) is 25.3. The number of anilines is 2. The number of rotatable bonds is 4. The van der Waals surface area contributed by atoms with E-state index in [1.807, 2.05) is 48.5 Å². The van der Waals surface area contributed by atoms with E-state index in [2.05, 4.69) is 35.8 Å². The van der Waals surface area contributed by atoms with Crippen LogP contribution in [0.3, 0.4) is 0 Å². The van der Waals surface area contributed by atoms with E-state index in [9.17, 15) is 8.42 Å². The molecule has 41 heavy (non-hydrogen) atoms. The monoisotopic (exact) mass is 592 g/mol. The maximum Gasteiger partial charge on any atom is 0.281 e. The van der Waals surface area contributed by atoms with Crippen molar-refractivity contribution in [2.24, 2.45) is 5.41 Å². The van der Waals surface area contributed by atoms with Crippen molar-refractivity contribution in [2.75, 3.05) is 29.8 Å². The normalized spacial score (nSPS) is 15.4. The predicted molar refractivity (Wildman–Crippen MR) is 165 cm³/mol. The van der Waals surface area contributed by atoms with Gasteiger partial charge in [0.25, 0.3) is 10.0 Å². The fraction of sp³-hybridized carbons (Fsp3) is 0.355. The summed E-state index contributed by atoms with van der Waals surface area (Å²) < 4.78 is 41.7. The highest BCUT2D eigenvalue weighted by Crippen LogP contribution is 2.43. The van der Waals surface area contributed by atoms with Crippen molar-refractivity contribution in [3.05, 3.63) is 66.7 Å². The summed E-state index contributed by atoms with van der Waals surface area (Å²) in [4.78, 5) is 9.95. The number of para-hydroxylation sites is 1. The van der Waals surface area contributed by atoms with E-state index in [1.54, 1.807) is 12.1 Å². The first-order valence-corrected chi connectivity index (χ1v) is 16.2. The fourth-order valence-electron chi connectivity index (χ4n) is 4.36. The number of hydrogen-bond acceptors (Lipinski definition) is 8. The molecule has 0 atom stereocenters. The van der Waals surface area contributed by atoms with Crippen LogP contribution < -0.4 is 19.5 Å². The van der Waals surface area contributed by atoms with Crippen LogP contribution in [0.5, 0.6) is 11.5 Å². The van der Waals surface area contributed by atoms with Gasteiger partial charge in [-0.3, -0.25) is 4.72 Å². The van der Waals surface area contributed by atoms with Gasteiger partial charge in [0, 0.05) is 12.1 Å². The predicted octanol–water partition coefficient (Wildman–Crippen LogP) is 7.46. The summed E-state index contributed by atoms with van der Waals surface area (Å²) in [7, 11) is -3.98. The van der Waals surface area contributed by atoms with Gasteiger partial charge in [-0.25, -0.2) is 9.97 Å². The molecule has 0 amide bonds. The second-order valence-corrected chi connectivity index (χ2v) is 13.8. The molecule has 0 aliphatic carbocycles. The lowest BCUT2D eigenvalue weighted by Crippen LogP contribution is -2.15. The van der Waals surface area contributed by atoms with Gasteiger partial charge in [-0.05, 0) is 73.1 Å². The van der Waals surface area contributed by atoms with E-state index in [-0.39, 0.29) is 15.6 Å². The minimum absolute atomic E-state index is 0.0666. The number of ether oxygens (including phenoxy) is 2. The average Bonchev–Trinajstić information content (AvgIpc) is 3.35. The first kappa shape index (κ1) is 28.9. The van der Waals surface area contributed by atoms with Crippen molar-refractivity contribution in [2.45, 2.75) is 51.5 Å². The van der Waals surface area contributed by atoms with Crippen LogP contribution >= 0.6 is 11.3 Å². The van der Waals surface area contributed by atoms with Crippen LogP contribution in [0.15, 0.2) is 71.8 Å². The SMILES string of the molecule is CC(C)(C)CCOc1cccc(-c2sc3nc2-c2ccccc2OCCCCCNc2cccc(n2)S(=O)(=O)N3)c1. The van der Waals surface area contributed by atoms with Crippen molar-refractivity contribution in [1.29, 1.82) is 0 Å². The summed E-state index contributed by atoms with van der Waals surface area (Å²) in [6, 6.07) is 20.5. The van der Waals surface area contributed by atoms with Gasteiger partial charge in [-0.2, -0.15) is 8.42 Å². The lowest BCUT2D eigenvalue weighted by atomic mass is 9.93. The Bertz CT molecular complexity index is 1600. The fourth-order valence-corrected chi connectivity index (χ4v) is 6.54. The van der Waals surface area contributed by atoms with E-state index in [1.165, 1.54) is 17.4 Å². The molecule has 1 aliphatic rings. The molecular weight excluding hydrogens is 556 g/mol. The molecule has 0 fully saturated rings. The number of sulfonamides is 1. The Balaban J connectivity index is 1.56. The van der Waals surface area contributed by atoms with Crippen LogP contribution in [0, 0.1) is 5.41 Å². The number of pyridine rings is 1. The van der Waals surface area contributed by atoms with Crippen molar-refractivity contribution in [1.82, 2.24) is 9.97 Å². The summed E-state index contributed by atoms with van der Waals surface area (Å²) in [5.74, 6) is 1.98. The third kappa shape index (κ3) is 7.56. The maximum atomic E-state index is 13.4. The molecule has 2 N–H and O–H groups in total. The summed E-state index contributed by atoms with van der Waals surface area (Å²) in [6.45, 7) is 8.43. The van der Waals surface area contributed by atoms with Gasteiger partial charge >= 0.3 is 0 Å². The van der Waals surface area contributed by atoms with E-state index >= 15 is 0 Å². The standard InChI is InChI=1S/C31H36N4O4S2/c1-31(2,3)17-20-38-23-12-9-11-22(21-23)29-28-24-13-5-6-14-25(24)39-19-8-4-7-18-32-26-15-10-16-27(33-26)41(36,37)35-30(34-28)40-29/h5-6,9-16,21H,4,7-8,17-20H2,1-3H3,(H,32,33)(H,34,35). The Kier molecular flexibility index (Phi) is 8.79. The van der Waals surface area contributed by atoms with Crippen LogP contribution in [0.4, 0.5) is 10.9 Å². The third-order valence-electron chi connectivity index (χ3n) is 6.59. The minimum Gasteiger partial charge on any atom is -0.494 e. The lowest BCUT2D eigenvalue weighted by Gasteiger charge is -2.18. The third-order valence-corrected chi connectivity index (χ3v) is 8.98. The van der Waals surface area contributed by atoms with Crippen molar-refractivity contribution >= 4 is 32.3 Å². The zero-order chi connectivity index (χ0) is 28.9. The second-order valence-electron chi connectivity index (χ2n) is 11.2. The zero-order valence-electron chi connectivity index (χ0n) is 23.6. The largest absolute Gasteiger partial charge is 0.494 e. The van der Waals surface area contributed by atoms with Crippen LogP contribution in [0.1, 0.15) is 46.5 Å². The minimum atomic E-state index is -3.98. The summed E-state index contributed by atoms with van der Waals surface area (Å²) in [6.07, 6.45) is 3.69. The molecule has 2 aromatic carbocycles. The van der Waals surface area contributed by atoms with Gasteiger partial charge in [0.05, 0.1) is 23.8 Å². The van der Waals surface area contributed by atoms with Crippen molar-refractivity contribution in [3.63, 3.8) is 0 Å². The molecule has 0 saturated heterocycles. The number of nitrogens with zero attached hydrogens (tertiary/aromatic N) is 2. The van der Waals surface area contributed by atoms with Crippen molar-refractivity contribution in [3.8, 4) is 33.2 Å². The van der Waals surface area contributed by atoms with Crippen LogP contribution in [0.2, 0.25) is 0 Å². The average molecular weight is 593 g/mol. The molecule has 216 valence electrons. The lowest BCUT2D eigenvalue weighted by molar-refractivity contribution is 0.243. The molecule has 0 spiro atoms. The smallest absolute Gasteiger partial charge is 0.281 e. The van der Waals surface area contributed by atoms with Gasteiger partial charge in [-0.1, -0.05) is 62.4 Å². The molecule has 0 unspecified atom stereocenters. The van der Waals surface area contributed by atoms with Crippen LogP contribution in [-0.2, 0) is 10.0 Å². The molecule has 5 rings (SSSR count). The Morgan fingerprint density at radius 3 is 2.66 bits per heavy atom. The van der Waals surface area contributed by atoms with E-state index in [4.69, 9.17) is 14.5 Å². The highest BCUT2D eigenvalue weighted by atomic mass is 32.2. The van der Waals surface area contributed by atoms with Gasteiger partial charge in [0.2, 0.25) is 0 Å². The molecular formula is C31H36N4O4S2. The van der Waals surface area contributed by atoms with E-state index in [0.29, 0.717) is 37.0 Å². The Hall–Kier alpha value is -3.63. The van der Waals surface area contributed by atoms with E-state index in [0.717, 1.165) is 47.4 Å². The second kappa shape index (κ2) is 12.5. The molecule has 4 bridgehead atoms. The molecule has 1 aliphatic heterocycles. The van der Waals surface area contributed by atoms with Gasteiger partial charge in [0.15, 0.2) is 10.2 Å². The number of benzene rings is 2. The summed E-state index contributed by atoms with van der Waals surface area (Å²) in [5, 5.41) is 3.40. The molecule has 4 aromatic rings. The topological polar surface area (TPSA) is 102 Å². The number of nitrogens with one attached hydrogen (secondary N) is 2. The Morgan fingerprint density at radius 2 is 1.80 bits per heavy atom. The van der Waals surface area contributed by atoms with E-state index < -0.39 is 10.0 Å². The van der Waals surface area contributed by atoms with Gasteiger partial charge in [0.1, 0.15) is 17.3 Å².